The van der Waals surface area contributed by atoms with Crippen molar-refractivity contribution in [2.45, 2.75) is 17.9 Å². The lowest BCUT2D eigenvalue weighted by Crippen LogP contribution is -2.30. The molecule has 1 amide bonds. The molecule has 0 bridgehead atoms. The van der Waals surface area contributed by atoms with E-state index in [0.29, 0.717) is 11.4 Å². The van der Waals surface area contributed by atoms with Crippen LogP contribution in [-0.2, 0) is 19.6 Å². The number of sulfonamides is 1. The van der Waals surface area contributed by atoms with Crippen LogP contribution in [0, 0.1) is 0 Å². The molecule has 0 saturated heterocycles. The number of nitrogens with two attached hydrogens (primary N) is 1. The van der Waals surface area contributed by atoms with Crippen molar-refractivity contribution in [2.75, 3.05) is 15.8 Å². The molecule has 10 heteroatoms. The van der Waals surface area contributed by atoms with Crippen molar-refractivity contribution in [3.63, 3.8) is 0 Å². The molecule has 0 aliphatic rings. The molecule has 4 N–H and O–H groups in total. The molecule has 0 radical (unpaired) electrons. The first-order valence-electron chi connectivity index (χ1n) is 9.16. The number of amides is 1. The number of anilines is 3. The molecule has 1 heterocycles. The Morgan fingerprint density at radius 2 is 1.77 bits per heavy atom. The van der Waals surface area contributed by atoms with Gasteiger partial charge in [-0.15, -0.1) is 0 Å². The minimum Gasteiger partial charge on any atom is -0.449 e. The van der Waals surface area contributed by atoms with Gasteiger partial charge in [0.1, 0.15) is 5.82 Å². The average molecular weight is 440 g/mol. The molecule has 0 aliphatic heterocycles. The van der Waals surface area contributed by atoms with Crippen molar-refractivity contribution in [1.82, 2.24) is 4.98 Å². The van der Waals surface area contributed by atoms with Gasteiger partial charge in [0, 0.05) is 17.6 Å². The van der Waals surface area contributed by atoms with E-state index in [4.69, 9.17) is 10.5 Å². The molecule has 3 rings (SSSR count). The van der Waals surface area contributed by atoms with Crippen LogP contribution in [0.3, 0.4) is 0 Å². The number of esters is 1. The van der Waals surface area contributed by atoms with E-state index in [-0.39, 0.29) is 16.3 Å². The lowest BCUT2D eigenvalue weighted by molar-refractivity contribution is -0.123. The highest BCUT2D eigenvalue weighted by atomic mass is 32.2. The Labute approximate surface area is 179 Å². The molecule has 1 unspecified atom stereocenters. The van der Waals surface area contributed by atoms with Crippen molar-refractivity contribution in [3.8, 4) is 0 Å². The van der Waals surface area contributed by atoms with Gasteiger partial charge in [0.25, 0.3) is 15.9 Å². The van der Waals surface area contributed by atoms with Crippen molar-refractivity contribution in [3.05, 3.63) is 78.5 Å². The van der Waals surface area contributed by atoms with Crippen molar-refractivity contribution >= 4 is 39.1 Å². The lowest BCUT2D eigenvalue weighted by atomic mass is 10.2. The number of nitrogen functional groups attached to an aromatic ring is 1. The summed E-state index contributed by atoms with van der Waals surface area (Å²) in [6, 6.07) is 16.6. The van der Waals surface area contributed by atoms with Crippen LogP contribution >= 0.6 is 0 Å². The Morgan fingerprint density at radius 1 is 1.03 bits per heavy atom. The molecular weight excluding hydrogens is 420 g/mol. The Hall–Kier alpha value is -3.92. The molecule has 0 spiro atoms. The fourth-order valence-electron chi connectivity index (χ4n) is 2.53. The molecular formula is C21H20N4O5S. The predicted octanol–water partition coefficient (Wildman–Crippen LogP) is 2.65. The Bertz CT molecular complexity index is 1180. The summed E-state index contributed by atoms with van der Waals surface area (Å²) in [6.07, 6.45) is 0.389. The number of aromatic nitrogens is 1. The van der Waals surface area contributed by atoms with Gasteiger partial charge in [-0.25, -0.2) is 18.2 Å². The van der Waals surface area contributed by atoms with E-state index in [2.05, 4.69) is 15.0 Å². The van der Waals surface area contributed by atoms with E-state index >= 15 is 0 Å². The number of benzene rings is 2. The number of pyridine rings is 1. The number of ether oxygens (including phenoxy) is 1. The maximum absolute atomic E-state index is 12.4. The third kappa shape index (κ3) is 5.80. The second-order valence-corrected chi connectivity index (χ2v) is 8.19. The van der Waals surface area contributed by atoms with Crippen molar-refractivity contribution in [2.24, 2.45) is 0 Å². The van der Waals surface area contributed by atoms with Gasteiger partial charge < -0.3 is 15.8 Å². The number of nitrogens with zero attached hydrogens (tertiary/aromatic N) is 1. The van der Waals surface area contributed by atoms with Crippen molar-refractivity contribution in [1.29, 1.82) is 0 Å². The second kappa shape index (κ2) is 9.26. The van der Waals surface area contributed by atoms with Crippen LogP contribution in [0.2, 0.25) is 0 Å². The fourth-order valence-corrected chi connectivity index (χ4v) is 3.54. The quantitative estimate of drug-likeness (QED) is 0.379. The Kier molecular flexibility index (Phi) is 6.51. The molecule has 160 valence electrons. The molecule has 31 heavy (non-hydrogen) atoms. The zero-order valence-electron chi connectivity index (χ0n) is 16.5. The molecule has 2 aromatic carbocycles. The molecule has 9 nitrogen and oxygen atoms in total. The third-order valence-corrected chi connectivity index (χ3v) is 5.48. The lowest BCUT2D eigenvalue weighted by Gasteiger charge is -2.14. The Morgan fingerprint density at radius 3 is 2.42 bits per heavy atom. The normalized spacial score (nSPS) is 11.9. The molecule has 1 atom stereocenters. The summed E-state index contributed by atoms with van der Waals surface area (Å²) in [5.41, 5.74) is 6.61. The summed E-state index contributed by atoms with van der Waals surface area (Å²) in [5.74, 6) is -1.06. The van der Waals surface area contributed by atoms with Gasteiger partial charge in [-0.1, -0.05) is 12.1 Å². The smallest absolute Gasteiger partial charge is 0.338 e. The summed E-state index contributed by atoms with van der Waals surface area (Å²) < 4.78 is 32.3. The highest BCUT2D eigenvalue weighted by Gasteiger charge is 2.20. The SMILES string of the molecule is CC(OC(=O)c1cccc(N)c1)C(=O)Nc1ccc(S(=O)(=O)Nc2ccccn2)cc1. The maximum Gasteiger partial charge on any atom is 0.338 e. The first-order chi connectivity index (χ1) is 14.7. The van der Waals surface area contributed by atoms with Crippen LogP contribution in [0.15, 0.2) is 77.8 Å². The second-order valence-electron chi connectivity index (χ2n) is 6.51. The predicted molar refractivity (Wildman–Crippen MR) is 116 cm³/mol. The topological polar surface area (TPSA) is 140 Å². The van der Waals surface area contributed by atoms with Crippen LogP contribution in [0.25, 0.3) is 0 Å². The zero-order valence-corrected chi connectivity index (χ0v) is 17.3. The first-order valence-corrected chi connectivity index (χ1v) is 10.6. The highest BCUT2D eigenvalue weighted by Crippen LogP contribution is 2.17. The third-order valence-electron chi connectivity index (χ3n) is 4.11. The van der Waals surface area contributed by atoms with Crippen LogP contribution in [0.5, 0.6) is 0 Å². The van der Waals surface area contributed by atoms with Crippen LogP contribution < -0.4 is 15.8 Å². The van der Waals surface area contributed by atoms with E-state index in [0.717, 1.165) is 0 Å². The highest BCUT2D eigenvalue weighted by molar-refractivity contribution is 7.92. The summed E-state index contributed by atoms with van der Waals surface area (Å²) in [7, 11) is -3.83. The summed E-state index contributed by atoms with van der Waals surface area (Å²) in [5, 5.41) is 2.57. The Balaban J connectivity index is 1.61. The van der Waals surface area contributed by atoms with Gasteiger partial charge >= 0.3 is 5.97 Å². The molecule has 0 saturated carbocycles. The van der Waals surface area contributed by atoms with Gasteiger partial charge in [-0.2, -0.15) is 0 Å². The molecule has 0 fully saturated rings. The minimum atomic E-state index is -3.83. The monoisotopic (exact) mass is 440 g/mol. The van der Waals surface area contributed by atoms with Gasteiger partial charge in [0.05, 0.1) is 10.5 Å². The van der Waals surface area contributed by atoms with Crippen LogP contribution in [0.1, 0.15) is 17.3 Å². The van der Waals surface area contributed by atoms with E-state index in [1.807, 2.05) is 0 Å². The number of carbonyl (C=O) groups is 2. The number of hydrogen-bond donors (Lipinski definition) is 3. The average Bonchev–Trinajstić information content (AvgIpc) is 2.74. The molecule has 0 aliphatic carbocycles. The maximum atomic E-state index is 12.4. The summed E-state index contributed by atoms with van der Waals surface area (Å²) >= 11 is 0. The number of nitrogens with one attached hydrogen (secondary N) is 2. The number of hydrogen-bond acceptors (Lipinski definition) is 7. The standard InChI is InChI=1S/C21H20N4O5S/c1-14(30-21(27)15-5-4-6-16(22)13-15)20(26)24-17-8-10-18(11-9-17)31(28,29)25-19-7-2-3-12-23-19/h2-14H,22H2,1H3,(H,23,25)(H,24,26). The van der Waals surface area contributed by atoms with Gasteiger partial charge in [0.2, 0.25) is 0 Å². The number of rotatable bonds is 7. The minimum absolute atomic E-state index is 0.00250. The van der Waals surface area contributed by atoms with Crippen molar-refractivity contribution < 1.29 is 22.7 Å². The van der Waals surface area contributed by atoms with Crippen LogP contribution in [-0.4, -0.2) is 31.4 Å². The van der Waals surface area contributed by atoms with Gasteiger partial charge in [0.15, 0.2) is 6.10 Å². The largest absolute Gasteiger partial charge is 0.449 e. The molecule has 3 aromatic rings. The zero-order chi connectivity index (χ0) is 22.4. The summed E-state index contributed by atoms with van der Waals surface area (Å²) in [6.45, 7) is 1.43. The first kappa shape index (κ1) is 21.8. The summed E-state index contributed by atoms with van der Waals surface area (Å²) in [4.78, 5) is 28.4. The van der Waals surface area contributed by atoms with Gasteiger partial charge in [-0.05, 0) is 61.5 Å². The number of carbonyl (C=O) groups excluding carboxylic acids is 2. The van der Waals surface area contributed by atoms with E-state index in [1.165, 1.54) is 55.6 Å². The fraction of sp³-hybridized carbons (Fsp3) is 0.0952. The molecule has 1 aromatic heterocycles. The van der Waals surface area contributed by atoms with E-state index in [1.54, 1.807) is 24.3 Å². The van der Waals surface area contributed by atoms with E-state index in [9.17, 15) is 18.0 Å². The van der Waals surface area contributed by atoms with E-state index < -0.39 is 28.0 Å². The van der Waals surface area contributed by atoms with Crippen LogP contribution in [0.4, 0.5) is 17.2 Å². The van der Waals surface area contributed by atoms with Gasteiger partial charge in [-0.3, -0.25) is 9.52 Å².